The number of amides is 2. The van der Waals surface area contributed by atoms with Crippen LogP contribution in [-0.2, 0) is 19.1 Å². The van der Waals surface area contributed by atoms with Gasteiger partial charge >= 0.3 is 5.97 Å². The normalized spacial score (nSPS) is 16.1. The summed E-state index contributed by atoms with van der Waals surface area (Å²) in [7, 11) is 1.56. The molecule has 1 atom stereocenters. The molecule has 0 aromatic heterocycles. The van der Waals surface area contributed by atoms with Gasteiger partial charge in [-0.15, -0.1) is 0 Å². The number of ketones is 1. The van der Waals surface area contributed by atoms with E-state index in [1.165, 1.54) is 4.90 Å². The monoisotopic (exact) mass is 416 g/mol. The van der Waals surface area contributed by atoms with E-state index in [-0.39, 0.29) is 48.9 Å². The molecule has 1 fully saturated rings. The molecule has 7 heteroatoms. The molecule has 1 aliphatic heterocycles. The summed E-state index contributed by atoms with van der Waals surface area (Å²) in [5.74, 6) is -1.11. The number of Topliss-reactive ketones (excluding diaryl/α,β-unsaturated/α-hetero) is 1. The molecule has 1 heterocycles. The van der Waals surface area contributed by atoms with Gasteiger partial charge in [-0.3, -0.25) is 19.2 Å². The van der Waals surface area contributed by atoms with E-state index in [1.54, 1.807) is 24.9 Å². The molecule has 0 bridgehead atoms. The highest BCUT2D eigenvalue weighted by atomic mass is 16.5. The van der Waals surface area contributed by atoms with Crippen LogP contribution in [0.5, 0.6) is 0 Å². The average molecular weight is 417 g/mol. The lowest BCUT2D eigenvalue weighted by Gasteiger charge is -2.32. The van der Waals surface area contributed by atoms with Crippen molar-refractivity contribution in [1.82, 2.24) is 9.80 Å². The summed E-state index contributed by atoms with van der Waals surface area (Å²) in [4.78, 5) is 52.3. The Hall–Kier alpha value is -2.70. The van der Waals surface area contributed by atoms with E-state index in [0.29, 0.717) is 31.7 Å². The third-order valence-corrected chi connectivity index (χ3v) is 5.59. The van der Waals surface area contributed by atoms with Crippen LogP contribution >= 0.6 is 0 Å². The fraction of sp³-hybridized carbons (Fsp3) is 0.565. The highest BCUT2D eigenvalue weighted by molar-refractivity contribution is 5.98. The number of rotatable bonds is 8. The van der Waals surface area contributed by atoms with Crippen LogP contribution in [0.25, 0.3) is 0 Å². The first-order valence-electron chi connectivity index (χ1n) is 10.5. The van der Waals surface area contributed by atoms with Gasteiger partial charge in [0.05, 0.1) is 19.1 Å². The molecule has 7 nitrogen and oxygen atoms in total. The molecule has 30 heavy (non-hydrogen) atoms. The Balaban J connectivity index is 1.82. The molecule has 1 saturated heterocycles. The van der Waals surface area contributed by atoms with Gasteiger partial charge in [0.2, 0.25) is 11.8 Å². The van der Waals surface area contributed by atoms with Crippen LogP contribution in [0.4, 0.5) is 0 Å². The number of ether oxygens (including phenoxy) is 1. The van der Waals surface area contributed by atoms with E-state index in [1.807, 2.05) is 26.0 Å². The van der Waals surface area contributed by atoms with E-state index in [9.17, 15) is 19.2 Å². The number of carbonyl (C=O) groups excluding carboxylic acids is 4. The molecule has 1 aromatic rings. The number of benzene rings is 1. The summed E-state index contributed by atoms with van der Waals surface area (Å²) in [5, 5.41) is 0. The first kappa shape index (κ1) is 23.6. The van der Waals surface area contributed by atoms with Crippen molar-refractivity contribution in [2.24, 2.45) is 5.92 Å². The van der Waals surface area contributed by atoms with Crippen LogP contribution in [0.2, 0.25) is 0 Å². The zero-order valence-corrected chi connectivity index (χ0v) is 18.4. The molecule has 2 amide bonds. The van der Waals surface area contributed by atoms with Gasteiger partial charge in [0.1, 0.15) is 0 Å². The Labute approximate surface area is 178 Å². The summed E-state index contributed by atoms with van der Waals surface area (Å²) in [6, 6.07) is 5.52. The van der Waals surface area contributed by atoms with Crippen LogP contribution in [0.1, 0.15) is 54.1 Å². The number of likely N-dealkylation sites (tertiary alicyclic amines) is 1. The zero-order valence-electron chi connectivity index (χ0n) is 18.4. The van der Waals surface area contributed by atoms with Gasteiger partial charge in [0.25, 0.3) is 0 Å². The second kappa shape index (κ2) is 10.9. The van der Waals surface area contributed by atoms with Crippen molar-refractivity contribution in [2.45, 2.75) is 46.5 Å². The van der Waals surface area contributed by atoms with E-state index in [4.69, 9.17) is 4.74 Å². The molecule has 0 N–H and O–H groups in total. The van der Waals surface area contributed by atoms with Gasteiger partial charge in [-0.25, -0.2) is 0 Å². The Bertz CT molecular complexity index is 805. The maximum Gasteiger partial charge on any atom is 0.310 e. The number of carbonyl (C=O) groups is 4. The Morgan fingerprint density at radius 3 is 2.53 bits per heavy atom. The Kier molecular flexibility index (Phi) is 8.57. The number of nitrogens with zero attached hydrogens (tertiary/aromatic N) is 2. The van der Waals surface area contributed by atoms with Gasteiger partial charge in [-0.2, -0.15) is 0 Å². The summed E-state index contributed by atoms with van der Waals surface area (Å²) in [6.07, 6.45) is 1.60. The quantitative estimate of drug-likeness (QED) is 0.480. The van der Waals surface area contributed by atoms with E-state index in [2.05, 4.69) is 0 Å². The SMILES string of the molecule is CCOC(=O)C1CCCN(C(=O)CN(C)C(=O)CCC(=O)c2ccc(C)c(C)c2)C1. The number of hydrogen-bond acceptors (Lipinski definition) is 5. The lowest BCUT2D eigenvalue weighted by molar-refractivity contribution is -0.152. The third kappa shape index (κ3) is 6.40. The minimum absolute atomic E-state index is 0.0565. The Morgan fingerprint density at radius 2 is 1.87 bits per heavy atom. The van der Waals surface area contributed by atoms with Crippen molar-refractivity contribution in [1.29, 1.82) is 0 Å². The van der Waals surface area contributed by atoms with E-state index < -0.39 is 0 Å². The van der Waals surface area contributed by atoms with Crippen molar-refractivity contribution in [2.75, 3.05) is 33.3 Å². The van der Waals surface area contributed by atoms with Crippen LogP contribution in [0, 0.1) is 19.8 Å². The topological polar surface area (TPSA) is 84.0 Å². The summed E-state index contributed by atoms with van der Waals surface area (Å²) in [6.45, 7) is 6.84. The number of aryl methyl sites for hydroxylation is 2. The van der Waals surface area contributed by atoms with Gasteiger partial charge in [0, 0.05) is 38.5 Å². The van der Waals surface area contributed by atoms with Gasteiger partial charge in [-0.1, -0.05) is 12.1 Å². The first-order chi connectivity index (χ1) is 14.2. The molecule has 0 saturated carbocycles. The molecular weight excluding hydrogens is 384 g/mol. The van der Waals surface area contributed by atoms with Crippen LogP contribution in [-0.4, -0.2) is 66.7 Å². The average Bonchev–Trinajstić information content (AvgIpc) is 2.73. The van der Waals surface area contributed by atoms with Crippen LogP contribution in [0.15, 0.2) is 18.2 Å². The number of hydrogen-bond donors (Lipinski definition) is 0. The zero-order chi connectivity index (χ0) is 22.3. The largest absolute Gasteiger partial charge is 0.466 e. The van der Waals surface area contributed by atoms with E-state index in [0.717, 1.165) is 17.5 Å². The highest BCUT2D eigenvalue weighted by Gasteiger charge is 2.30. The second-order valence-corrected chi connectivity index (χ2v) is 7.90. The first-order valence-corrected chi connectivity index (χ1v) is 10.5. The molecule has 1 aliphatic rings. The maximum atomic E-state index is 12.6. The summed E-state index contributed by atoms with van der Waals surface area (Å²) >= 11 is 0. The molecule has 164 valence electrons. The summed E-state index contributed by atoms with van der Waals surface area (Å²) < 4.78 is 5.06. The number of likely N-dealkylation sites (N-methyl/N-ethyl adjacent to an activating group) is 1. The molecule has 2 rings (SSSR count). The minimum atomic E-state index is -0.306. The molecule has 1 unspecified atom stereocenters. The van der Waals surface area contributed by atoms with Crippen LogP contribution < -0.4 is 0 Å². The van der Waals surface area contributed by atoms with Gasteiger partial charge in [0.15, 0.2) is 5.78 Å². The molecule has 0 aliphatic carbocycles. The smallest absolute Gasteiger partial charge is 0.310 e. The van der Waals surface area contributed by atoms with Gasteiger partial charge < -0.3 is 14.5 Å². The molecule has 0 radical (unpaired) electrons. The van der Waals surface area contributed by atoms with Crippen molar-refractivity contribution in [3.8, 4) is 0 Å². The highest BCUT2D eigenvalue weighted by Crippen LogP contribution is 2.18. The molecular formula is C23H32N2O5. The maximum absolute atomic E-state index is 12.6. The lowest BCUT2D eigenvalue weighted by atomic mass is 9.98. The second-order valence-electron chi connectivity index (χ2n) is 7.90. The standard InChI is InChI=1S/C23H32N2O5/c1-5-30-23(29)19-7-6-12-25(14-19)22(28)15-24(4)21(27)11-10-20(26)18-9-8-16(2)17(3)13-18/h8-9,13,19H,5-7,10-12,14-15H2,1-4H3. The van der Waals surface area contributed by atoms with Crippen molar-refractivity contribution >= 4 is 23.6 Å². The van der Waals surface area contributed by atoms with E-state index >= 15 is 0 Å². The predicted molar refractivity (Wildman–Crippen MR) is 113 cm³/mol. The molecule has 1 aromatic carbocycles. The lowest BCUT2D eigenvalue weighted by Crippen LogP contribution is -2.47. The fourth-order valence-corrected chi connectivity index (χ4v) is 3.52. The van der Waals surface area contributed by atoms with Crippen LogP contribution in [0.3, 0.4) is 0 Å². The molecule has 0 spiro atoms. The van der Waals surface area contributed by atoms with Gasteiger partial charge in [-0.05, 0) is 50.8 Å². The minimum Gasteiger partial charge on any atom is -0.466 e. The number of piperidine rings is 1. The third-order valence-electron chi connectivity index (χ3n) is 5.59. The fourth-order valence-electron chi connectivity index (χ4n) is 3.52. The van der Waals surface area contributed by atoms with Crippen molar-refractivity contribution < 1.29 is 23.9 Å². The number of esters is 1. The van der Waals surface area contributed by atoms with Crippen molar-refractivity contribution in [3.63, 3.8) is 0 Å². The predicted octanol–water partition coefficient (Wildman–Crippen LogP) is 2.53. The van der Waals surface area contributed by atoms with Crippen molar-refractivity contribution in [3.05, 3.63) is 34.9 Å². The Morgan fingerprint density at radius 1 is 1.13 bits per heavy atom. The summed E-state index contributed by atoms with van der Waals surface area (Å²) in [5.41, 5.74) is 2.75.